The Hall–Kier alpha value is -1.75. The first kappa shape index (κ1) is 31.5. The Bertz CT molecular complexity index is 1100. The first-order valence-corrected chi connectivity index (χ1v) is 14.8. The van der Waals surface area contributed by atoms with E-state index in [2.05, 4.69) is 125 Å². The number of hydrogen-bond acceptors (Lipinski definition) is 0. The summed E-state index contributed by atoms with van der Waals surface area (Å²) in [6.07, 6.45) is 6.08. The van der Waals surface area contributed by atoms with E-state index in [0.29, 0.717) is 23.2 Å². The van der Waals surface area contributed by atoms with Gasteiger partial charge in [0, 0.05) is 23.2 Å². The maximum atomic E-state index is 2.33. The predicted molar refractivity (Wildman–Crippen MR) is 163 cm³/mol. The van der Waals surface area contributed by atoms with Gasteiger partial charge < -0.3 is 0 Å². The van der Waals surface area contributed by atoms with Crippen molar-refractivity contribution in [1.29, 1.82) is 0 Å². The van der Waals surface area contributed by atoms with Crippen LogP contribution < -0.4 is 0 Å². The molecule has 0 saturated carbocycles. The van der Waals surface area contributed by atoms with Crippen molar-refractivity contribution in [3.63, 3.8) is 0 Å². The molecule has 4 unspecified atom stereocenters. The van der Waals surface area contributed by atoms with E-state index in [1.165, 1.54) is 47.0 Å². The van der Waals surface area contributed by atoms with E-state index < -0.39 is 0 Å². The Balaban J connectivity index is 0.000000543. The number of halogens is 2. The maximum Gasteiger partial charge on any atom is 0.00947 e. The SMILES string of the molecule is CC=CC=[CH][Zr].Cl.Cl.c1ccc(C2PC(c3ccccc3)C(c3ccccc3)C2c2ccccc2)cc1. The molecular formula is C33H34Cl2PZr. The molecule has 4 aromatic carbocycles. The van der Waals surface area contributed by atoms with Gasteiger partial charge in [-0.05, 0) is 22.3 Å². The summed E-state index contributed by atoms with van der Waals surface area (Å²) in [5, 5.41) is 0. The third kappa shape index (κ3) is 8.37. The fraction of sp³-hybridized carbons (Fsp3) is 0.152. The van der Waals surface area contributed by atoms with Crippen molar-refractivity contribution in [3.05, 3.63) is 166 Å². The molecule has 4 aromatic rings. The second kappa shape index (κ2) is 17.0. The van der Waals surface area contributed by atoms with Gasteiger partial charge in [0.15, 0.2) is 0 Å². The summed E-state index contributed by atoms with van der Waals surface area (Å²) in [5.41, 5.74) is 6.93. The van der Waals surface area contributed by atoms with Crippen LogP contribution in [0.5, 0.6) is 0 Å². The van der Waals surface area contributed by atoms with Crippen molar-refractivity contribution in [1.82, 2.24) is 0 Å². The fourth-order valence-electron chi connectivity index (χ4n) is 5.06. The van der Waals surface area contributed by atoms with Gasteiger partial charge in [0.05, 0.1) is 0 Å². The van der Waals surface area contributed by atoms with Crippen LogP contribution in [0, 0.1) is 0 Å². The molecule has 0 aromatic heterocycles. The van der Waals surface area contributed by atoms with Crippen LogP contribution in [0.4, 0.5) is 0 Å². The molecule has 0 radical (unpaired) electrons. The smallest absolute Gasteiger partial charge is 0.00947 e. The molecule has 0 amide bonds. The molecule has 1 aliphatic rings. The van der Waals surface area contributed by atoms with Crippen LogP contribution >= 0.6 is 33.4 Å². The molecule has 189 valence electrons. The monoisotopic (exact) mass is 621 g/mol. The molecule has 4 atom stereocenters. The van der Waals surface area contributed by atoms with E-state index >= 15 is 0 Å². The standard InChI is InChI=1S/C28H25P.C5H7.2ClH.Zr/c1-5-13-21(14-6-1)25-26(22-15-7-2-8-16-22)28(24-19-11-4-12-20-24)29-27(25)23-17-9-3-10-18-23;1-3-5-4-2;;;/h1-20,25-29H;1,3-5H,2H3;2*1H;. The first-order chi connectivity index (χ1) is 17.3. The minimum Gasteiger partial charge on any atom is -0.147 e. The van der Waals surface area contributed by atoms with Crippen molar-refractivity contribution < 1.29 is 24.7 Å². The second-order valence-corrected chi connectivity index (χ2v) is 11.1. The Labute approximate surface area is 252 Å². The number of benzene rings is 4. The van der Waals surface area contributed by atoms with Crippen LogP contribution in [0.3, 0.4) is 0 Å². The Morgan fingerprint density at radius 2 is 0.838 bits per heavy atom. The second-order valence-electron chi connectivity index (χ2n) is 8.70. The van der Waals surface area contributed by atoms with Crippen LogP contribution in [0.15, 0.2) is 143 Å². The Kier molecular flexibility index (Phi) is 14.4. The molecule has 0 nitrogen and oxygen atoms in total. The molecule has 1 heterocycles. The normalized spacial score (nSPS) is 21.1. The average molecular weight is 624 g/mol. The van der Waals surface area contributed by atoms with Crippen molar-refractivity contribution in [3.8, 4) is 0 Å². The van der Waals surface area contributed by atoms with E-state index in [1.807, 2.05) is 25.2 Å². The third-order valence-electron chi connectivity index (χ3n) is 6.55. The van der Waals surface area contributed by atoms with E-state index in [1.54, 1.807) is 0 Å². The van der Waals surface area contributed by atoms with E-state index in [0.717, 1.165) is 8.58 Å². The summed E-state index contributed by atoms with van der Waals surface area (Å²) < 4.78 is 2.09. The maximum absolute atomic E-state index is 2.33. The molecule has 0 aliphatic carbocycles. The first-order valence-electron chi connectivity index (χ1n) is 12.2. The fourth-order valence-corrected chi connectivity index (χ4v) is 7.70. The zero-order valence-corrected chi connectivity index (χ0v) is 26.1. The molecule has 1 fully saturated rings. The predicted octanol–water partition coefficient (Wildman–Crippen LogP) is 10.2. The summed E-state index contributed by atoms with van der Waals surface area (Å²) in [6.45, 7) is 2.01. The van der Waals surface area contributed by atoms with Gasteiger partial charge in [-0.1, -0.05) is 121 Å². The minimum atomic E-state index is 0. The van der Waals surface area contributed by atoms with Crippen molar-refractivity contribution in [2.24, 2.45) is 0 Å². The third-order valence-corrected chi connectivity index (χ3v) is 9.13. The summed E-state index contributed by atoms with van der Waals surface area (Å²) in [7, 11) is 0.857. The number of hydrogen-bond donors (Lipinski definition) is 0. The van der Waals surface area contributed by atoms with Gasteiger partial charge in [0.25, 0.3) is 0 Å². The zero-order valence-electron chi connectivity index (χ0n) is 21.0. The molecule has 0 bridgehead atoms. The van der Waals surface area contributed by atoms with Gasteiger partial charge in [0.1, 0.15) is 0 Å². The van der Waals surface area contributed by atoms with Gasteiger partial charge in [-0.2, -0.15) is 0 Å². The Morgan fingerprint density at radius 1 is 0.514 bits per heavy atom. The minimum absolute atomic E-state index is 0. The van der Waals surface area contributed by atoms with Gasteiger partial charge in [0.2, 0.25) is 0 Å². The largest absolute Gasteiger partial charge is 0.147 e. The molecule has 1 saturated heterocycles. The van der Waals surface area contributed by atoms with Gasteiger partial charge in [-0.15, -0.1) is 33.4 Å². The molecule has 37 heavy (non-hydrogen) atoms. The van der Waals surface area contributed by atoms with Crippen LogP contribution in [0.1, 0.15) is 52.3 Å². The number of allylic oxidation sites excluding steroid dienone is 3. The van der Waals surface area contributed by atoms with Gasteiger partial charge in [-0.3, -0.25) is 0 Å². The van der Waals surface area contributed by atoms with Crippen molar-refractivity contribution in [2.75, 3.05) is 0 Å². The molecule has 5 rings (SSSR count). The summed E-state index contributed by atoms with van der Waals surface area (Å²) in [5.74, 6) is 0.953. The summed E-state index contributed by atoms with van der Waals surface area (Å²) in [6, 6.07) is 44.6. The van der Waals surface area contributed by atoms with Crippen LogP contribution in [-0.2, 0) is 24.7 Å². The van der Waals surface area contributed by atoms with Crippen molar-refractivity contribution in [2.45, 2.75) is 30.1 Å². The van der Waals surface area contributed by atoms with E-state index in [9.17, 15) is 0 Å². The van der Waals surface area contributed by atoms with Crippen LogP contribution in [0.25, 0.3) is 0 Å². The summed E-state index contributed by atoms with van der Waals surface area (Å²) in [4.78, 5) is 0. The molecule has 4 heteroatoms. The quantitative estimate of drug-likeness (QED) is 0.153. The van der Waals surface area contributed by atoms with Gasteiger partial charge >= 0.3 is 53.7 Å². The van der Waals surface area contributed by atoms with Crippen LogP contribution in [0.2, 0.25) is 0 Å². The van der Waals surface area contributed by atoms with Crippen molar-refractivity contribution >= 4 is 33.4 Å². The Morgan fingerprint density at radius 3 is 1.11 bits per heavy atom. The van der Waals surface area contributed by atoms with Crippen LogP contribution in [-0.4, -0.2) is 0 Å². The molecule has 0 spiro atoms. The number of rotatable bonds is 5. The van der Waals surface area contributed by atoms with E-state index in [4.69, 9.17) is 0 Å². The topological polar surface area (TPSA) is 0 Å². The average Bonchev–Trinajstić information content (AvgIpc) is 3.35. The molecule has 0 N–H and O–H groups in total. The van der Waals surface area contributed by atoms with E-state index in [-0.39, 0.29) is 24.8 Å². The zero-order chi connectivity index (χ0) is 24.3. The van der Waals surface area contributed by atoms with Gasteiger partial charge in [-0.25, -0.2) is 0 Å². The summed E-state index contributed by atoms with van der Waals surface area (Å²) >= 11 is 1.46. The molecule has 1 aliphatic heterocycles. The molecular weight excluding hydrogens is 589 g/mol.